The zero-order valence-electron chi connectivity index (χ0n) is 12.8. The summed E-state index contributed by atoms with van der Waals surface area (Å²) in [6, 6.07) is 0.299. The third kappa shape index (κ3) is 3.04. The molecule has 2 heterocycles. The van der Waals surface area contributed by atoms with Crippen LogP contribution in [0.25, 0.3) is 0 Å². The average molecular weight is 292 g/mol. The van der Waals surface area contributed by atoms with Crippen LogP contribution in [0, 0.1) is 0 Å². The van der Waals surface area contributed by atoms with Crippen LogP contribution in [0.3, 0.4) is 0 Å². The van der Waals surface area contributed by atoms with Gasteiger partial charge in [-0.15, -0.1) is 0 Å². The Morgan fingerprint density at radius 1 is 1.29 bits per heavy atom. The molecule has 0 radical (unpaired) electrons. The van der Waals surface area contributed by atoms with E-state index in [0.29, 0.717) is 17.8 Å². The molecule has 1 atom stereocenters. The van der Waals surface area contributed by atoms with Gasteiger partial charge in [-0.05, 0) is 25.7 Å². The Bertz CT molecular complexity index is 494. The van der Waals surface area contributed by atoms with Crippen LogP contribution in [-0.2, 0) is 0 Å². The molecule has 21 heavy (non-hydrogen) atoms. The highest BCUT2D eigenvalue weighted by Crippen LogP contribution is 2.31. The van der Waals surface area contributed by atoms with Crippen LogP contribution in [0.15, 0.2) is 4.52 Å². The number of hydrogen-bond donors (Lipinski definition) is 1. The number of hydrogen-bond acceptors (Lipinski definition) is 4. The average Bonchev–Trinajstić information content (AvgIpc) is 3.19. The first kappa shape index (κ1) is 14.4. The van der Waals surface area contributed by atoms with Gasteiger partial charge in [0.1, 0.15) is 6.04 Å². The van der Waals surface area contributed by atoms with Crippen molar-refractivity contribution >= 4 is 6.03 Å². The van der Waals surface area contributed by atoms with Crippen LogP contribution in [0.1, 0.15) is 76.0 Å². The van der Waals surface area contributed by atoms with Gasteiger partial charge >= 0.3 is 6.03 Å². The van der Waals surface area contributed by atoms with Crippen LogP contribution < -0.4 is 5.32 Å². The number of urea groups is 1. The fourth-order valence-electron chi connectivity index (χ4n) is 3.21. The summed E-state index contributed by atoms with van der Waals surface area (Å²) < 4.78 is 5.38. The van der Waals surface area contributed by atoms with Crippen LogP contribution in [0.5, 0.6) is 0 Å². The Balaban J connectivity index is 1.67. The molecule has 1 saturated heterocycles. The Kier molecular flexibility index (Phi) is 4.12. The lowest BCUT2D eigenvalue weighted by Crippen LogP contribution is -2.43. The summed E-state index contributed by atoms with van der Waals surface area (Å²) in [7, 11) is 0. The lowest BCUT2D eigenvalue weighted by Gasteiger charge is -2.24. The second kappa shape index (κ2) is 6.03. The Morgan fingerprint density at radius 3 is 2.71 bits per heavy atom. The summed E-state index contributed by atoms with van der Waals surface area (Å²) >= 11 is 0. The molecule has 2 amide bonds. The number of likely N-dealkylation sites (tertiary alicyclic amines) is 1. The lowest BCUT2D eigenvalue weighted by atomic mass is 10.2. The molecule has 6 heteroatoms. The van der Waals surface area contributed by atoms with Gasteiger partial charge in [0.05, 0.1) is 0 Å². The van der Waals surface area contributed by atoms with Crippen molar-refractivity contribution in [2.75, 3.05) is 6.54 Å². The van der Waals surface area contributed by atoms with Crippen LogP contribution in [0.4, 0.5) is 4.79 Å². The van der Waals surface area contributed by atoms with Crippen molar-refractivity contribution in [2.45, 2.75) is 70.4 Å². The number of nitrogens with one attached hydrogen (secondary N) is 1. The second-order valence-corrected chi connectivity index (χ2v) is 6.43. The van der Waals surface area contributed by atoms with Crippen LogP contribution >= 0.6 is 0 Å². The highest BCUT2D eigenvalue weighted by Gasteiger charge is 2.35. The molecule has 3 rings (SSSR count). The normalized spacial score (nSPS) is 23.2. The van der Waals surface area contributed by atoms with Gasteiger partial charge in [-0.3, -0.25) is 0 Å². The number of rotatable bonds is 3. The third-order valence-electron chi connectivity index (χ3n) is 4.46. The largest absolute Gasteiger partial charge is 0.337 e. The number of amides is 2. The standard InChI is InChI=1S/C15H24N4O2/c1-10(2)13-17-14(21-18-13)12-8-5-9-19(12)15(20)16-11-6-3-4-7-11/h10-12H,3-9H2,1-2H3,(H,16,20)/t12-/m0/s1. The van der Waals surface area contributed by atoms with Gasteiger partial charge in [0.15, 0.2) is 5.82 Å². The summed E-state index contributed by atoms with van der Waals surface area (Å²) in [5.74, 6) is 1.54. The molecule has 0 aromatic carbocycles. The molecule has 0 unspecified atom stereocenters. The molecular formula is C15H24N4O2. The first-order valence-corrected chi connectivity index (χ1v) is 8.06. The lowest BCUT2D eigenvalue weighted by molar-refractivity contribution is 0.177. The van der Waals surface area contributed by atoms with Gasteiger partial charge in [-0.2, -0.15) is 4.98 Å². The number of carbonyl (C=O) groups excluding carboxylic acids is 1. The Hall–Kier alpha value is -1.59. The topological polar surface area (TPSA) is 71.3 Å². The van der Waals surface area contributed by atoms with Crippen molar-refractivity contribution in [2.24, 2.45) is 0 Å². The minimum absolute atomic E-state index is 0.0219. The van der Waals surface area contributed by atoms with Crippen molar-refractivity contribution in [3.05, 3.63) is 11.7 Å². The predicted molar refractivity (Wildman–Crippen MR) is 77.9 cm³/mol. The fourth-order valence-corrected chi connectivity index (χ4v) is 3.21. The molecule has 6 nitrogen and oxygen atoms in total. The maximum Gasteiger partial charge on any atom is 0.318 e. The molecule has 1 N–H and O–H groups in total. The van der Waals surface area contributed by atoms with Gasteiger partial charge < -0.3 is 14.7 Å². The first-order chi connectivity index (χ1) is 10.1. The molecule has 1 aliphatic heterocycles. The predicted octanol–water partition coefficient (Wildman–Crippen LogP) is 2.98. The first-order valence-electron chi connectivity index (χ1n) is 8.06. The third-order valence-corrected chi connectivity index (χ3v) is 4.46. The van der Waals surface area contributed by atoms with E-state index in [-0.39, 0.29) is 18.0 Å². The van der Waals surface area contributed by atoms with Crippen molar-refractivity contribution < 1.29 is 9.32 Å². The molecule has 0 spiro atoms. The summed E-state index contributed by atoms with van der Waals surface area (Å²) in [5.41, 5.74) is 0. The quantitative estimate of drug-likeness (QED) is 0.929. The number of nitrogens with zero attached hydrogens (tertiary/aromatic N) is 3. The van der Waals surface area contributed by atoms with E-state index in [2.05, 4.69) is 15.5 Å². The zero-order chi connectivity index (χ0) is 14.8. The molecule has 116 valence electrons. The highest BCUT2D eigenvalue weighted by atomic mass is 16.5. The van der Waals surface area contributed by atoms with E-state index < -0.39 is 0 Å². The van der Waals surface area contributed by atoms with Crippen LogP contribution in [-0.4, -0.2) is 33.7 Å². The molecule has 1 aromatic rings. The van der Waals surface area contributed by atoms with Gasteiger partial charge in [0.25, 0.3) is 0 Å². The van der Waals surface area contributed by atoms with Gasteiger partial charge in [0.2, 0.25) is 5.89 Å². The van der Waals surface area contributed by atoms with E-state index in [9.17, 15) is 4.79 Å². The van der Waals surface area contributed by atoms with Crippen molar-refractivity contribution in [1.29, 1.82) is 0 Å². The fraction of sp³-hybridized carbons (Fsp3) is 0.800. The molecule has 1 aromatic heterocycles. The Morgan fingerprint density at radius 2 is 2.05 bits per heavy atom. The van der Waals surface area contributed by atoms with Crippen molar-refractivity contribution in [3.8, 4) is 0 Å². The second-order valence-electron chi connectivity index (χ2n) is 6.43. The van der Waals surface area contributed by atoms with Crippen molar-refractivity contribution in [1.82, 2.24) is 20.4 Å². The summed E-state index contributed by atoms with van der Waals surface area (Å²) in [6.45, 7) is 4.84. The smallest absolute Gasteiger partial charge is 0.318 e. The van der Waals surface area contributed by atoms with E-state index in [1.807, 2.05) is 18.7 Å². The molecule has 0 bridgehead atoms. The molecule has 1 saturated carbocycles. The van der Waals surface area contributed by atoms with Crippen LogP contribution in [0.2, 0.25) is 0 Å². The Labute approximate surface area is 125 Å². The highest BCUT2D eigenvalue weighted by molar-refractivity contribution is 5.75. The SMILES string of the molecule is CC(C)c1noc([C@@H]2CCCN2C(=O)NC2CCCC2)n1. The summed E-state index contributed by atoms with van der Waals surface area (Å²) in [5, 5.41) is 7.16. The summed E-state index contributed by atoms with van der Waals surface area (Å²) in [4.78, 5) is 18.8. The van der Waals surface area contributed by atoms with E-state index in [1.54, 1.807) is 0 Å². The number of carbonyl (C=O) groups is 1. The van der Waals surface area contributed by atoms with E-state index in [4.69, 9.17) is 4.52 Å². The number of aromatic nitrogens is 2. The maximum atomic E-state index is 12.5. The summed E-state index contributed by atoms with van der Waals surface area (Å²) in [6.07, 6.45) is 6.52. The van der Waals surface area contributed by atoms with E-state index >= 15 is 0 Å². The van der Waals surface area contributed by atoms with Crippen molar-refractivity contribution in [3.63, 3.8) is 0 Å². The monoisotopic (exact) mass is 292 g/mol. The van der Waals surface area contributed by atoms with Gasteiger partial charge in [0, 0.05) is 18.5 Å². The van der Waals surface area contributed by atoms with E-state index in [1.165, 1.54) is 12.8 Å². The maximum absolute atomic E-state index is 12.5. The zero-order valence-corrected chi connectivity index (χ0v) is 12.8. The van der Waals surface area contributed by atoms with E-state index in [0.717, 1.165) is 32.2 Å². The minimum Gasteiger partial charge on any atom is -0.337 e. The molecule has 1 aliphatic carbocycles. The van der Waals surface area contributed by atoms with Gasteiger partial charge in [-0.25, -0.2) is 4.79 Å². The molecule has 2 aliphatic rings. The van der Waals surface area contributed by atoms with Gasteiger partial charge in [-0.1, -0.05) is 31.8 Å². The molecular weight excluding hydrogens is 268 g/mol. The molecule has 2 fully saturated rings. The minimum atomic E-state index is -0.0635.